The summed E-state index contributed by atoms with van der Waals surface area (Å²) in [5.74, 6) is -0.673. The predicted molar refractivity (Wildman–Crippen MR) is 75.9 cm³/mol. The summed E-state index contributed by atoms with van der Waals surface area (Å²) in [5.41, 5.74) is 0. The molecule has 7 nitrogen and oxygen atoms in total. The smallest absolute Gasteiger partial charge is 0.112 e. The van der Waals surface area contributed by atoms with Crippen molar-refractivity contribution in [3.63, 3.8) is 0 Å². The number of aliphatic hydroxyl groups is 5. The molecule has 8 heteroatoms. The average molecular weight is 312 g/mol. The Morgan fingerprint density at radius 1 is 1.10 bits per heavy atom. The number of quaternary nitrogens is 1. The first-order valence-corrected chi connectivity index (χ1v) is 7.96. The maximum Gasteiger partial charge on any atom is 0.112 e. The van der Waals surface area contributed by atoms with E-state index in [0.29, 0.717) is 17.2 Å². The van der Waals surface area contributed by atoms with E-state index in [9.17, 15) is 20.4 Å². The lowest BCUT2D eigenvalue weighted by atomic mass is 10.0. The molecule has 1 heterocycles. The van der Waals surface area contributed by atoms with Gasteiger partial charge in [-0.1, -0.05) is 8.58 Å². The van der Waals surface area contributed by atoms with Gasteiger partial charge in [0.15, 0.2) is 0 Å². The summed E-state index contributed by atoms with van der Waals surface area (Å²) in [5, 5.41) is 48.2. The zero-order valence-electron chi connectivity index (χ0n) is 12.2. The Kier molecular flexibility index (Phi) is 6.76. The quantitative estimate of drug-likeness (QED) is 0.275. The van der Waals surface area contributed by atoms with E-state index in [2.05, 4.69) is 0 Å². The van der Waals surface area contributed by atoms with Gasteiger partial charge >= 0.3 is 0 Å². The summed E-state index contributed by atoms with van der Waals surface area (Å²) in [6, 6.07) is 0. The molecule has 1 rings (SSSR count). The molecule has 1 aliphatic heterocycles. The van der Waals surface area contributed by atoms with Gasteiger partial charge in [-0.05, 0) is 6.16 Å². The van der Waals surface area contributed by atoms with Crippen molar-refractivity contribution < 1.29 is 34.8 Å². The fraction of sp³-hybridized carbons (Fsp3) is 1.00. The second-order valence-electron chi connectivity index (χ2n) is 6.28. The van der Waals surface area contributed by atoms with Gasteiger partial charge in [0.25, 0.3) is 0 Å². The van der Waals surface area contributed by atoms with Gasteiger partial charge in [-0.15, -0.1) is 0 Å². The summed E-state index contributed by atoms with van der Waals surface area (Å²) in [6.45, 7) is 0.151. The second-order valence-corrected chi connectivity index (χ2v) is 7.67. The molecule has 0 saturated carbocycles. The highest BCUT2D eigenvalue weighted by Gasteiger charge is 2.43. The highest BCUT2D eigenvalue weighted by Crippen LogP contribution is 2.32. The van der Waals surface area contributed by atoms with Gasteiger partial charge in [-0.3, -0.25) is 0 Å². The first kappa shape index (κ1) is 18.2. The van der Waals surface area contributed by atoms with Gasteiger partial charge in [-0.25, -0.2) is 0 Å². The van der Waals surface area contributed by atoms with Gasteiger partial charge in [0, 0.05) is 0 Å². The van der Waals surface area contributed by atoms with Crippen LogP contribution in [0, 0.1) is 0 Å². The van der Waals surface area contributed by atoms with Gasteiger partial charge in [0.1, 0.15) is 42.9 Å². The maximum absolute atomic E-state index is 9.94. The number of aliphatic hydroxyl groups excluding tert-OH is 5. The molecule has 0 aromatic heterocycles. The maximum atomic E-state index is 9.94. The van der Waals surface area contributed by atoms with E-state index < -0.39 is 43.0 Å². The number of hydrogen-bond donors (Lipinski definition) is 5. The number of ether oxygens (including phenoxy) is 1. The molecule has 5 N–H and O–H groups in total. The van der Waals surface area contributed by atoms with Gasteiger partial charge < -0.3 is 34.8 Å². The van der Waals surface area contributed by atoms with Crippen LogP contribution in [0.3, 0.4) is 0 Å². The molecule has 1 saturated heterocycles. The summed E-state index contributed by atoms with van der Waals surface area (Å²) in [4.78, 5) is 0. The minimum Gasteiger partial charge on any atom is -0.394 e. The third-order valence-electron chi connectivity index (χ3n) is 3.21. The summed E-state index contributed by atoms with van der Waals surface area (Å²) < 4.78 is 6.02. The number of hydrogen-bond acceptors (Lipinski definition) is 6. The third-order valence-corrected chi connectivity index (χ3v) is 4.79. The van der Waals surface area contributed by atoms with Gasteiger partial charge in [0.05, 0.1) is 27.7 Å². The Morgan fingerprint density at radius 3 is 2.20 bits per heavy atom. The molecule has 0 amide bonds. The first-order chi connectivity index (χ1) is 9.15. The summed E-state index contributed by atoms with van der Waals surface area (Å²) >= 11 is 0. The number of rotatable bonds is 6. The molecule has 0 radical (unpaired) electrons. The Morgan fingerprint density at radius 2 is 1.70 bits per heavy atom. The van der Waals surface area contributed by atoms with Crippen molar-refractivity contribution >= 4 is 8.58 Å². The van der Waals surface area contributed by atoms with Crippen molar-refractivity contribution in [1.29, 1.82) is 0 Å². The average Bonchev–Trinajstić information content (AvgIpc) is 2.33. The Bertz CT molecular complexity index is 298. The minimum atomic E-state index is -1.34. The van der Waals surface area contributed by atoms with E-state index in [1.54, 1.807) is 0 Å². The number of likely N-dealkylation sites (N-methyl/N-ethyl adjacent to an activating group) is 1. The molecule has 0 aliphatic carbocycles. The molecule has 0 aromatic rings. The SMILES string of the molecule is C[N+](C)(C)CC(O)CP[C@@H]1O[C@H](CO)[C@@H](O)[C@H](O)[C@H]1O. The highest BCUT2D eigenvalue weighted by atomic mass is 31.1. The van der Waals surface area contributed by atoms with Crippen molar-refractivity contribution in [3.05, 3.63) is 0 Å². The van der Waals surface area contributed by atoms with Crippen LogP contribution in [0.5, 0.6) is 0 Å². The van der Waals surface area contributed by atoms with Crippen molar-refractivity contribution in [2.24, 2.45) is 0 Å². The second kappa shape index (κ2) is 7.42. The van der Waals surface area contributed by atoms with Crippen molar-refractivity contribution in [3.8, 4) is 0 Å². The summed E-state index contributed by atoms with van der Waals surface area (Å²) in [6.07, 6.45) is -4.83. The van der Waals surface area contributed by atoms with Crippen LogP contribution in [-0.2, 0) is 4.74 Å². The fourth-order valence-electron chi connectivity index (χ4n) is 2.22. The lowest BCUT2D eigenvalue weighted by Gasteiger charge is -2.40. The van der Waals surface area contributed by atoms with Crippen LogP contribution in [0.2, 0.25) is 0 Å². The minimum absolute atomic E-state index is 0.0782. The molecule has 0 spiro atoms. The predicted octanol–water partition coefficient (Wildman–Crippen LogP) is -2.47. The van der Waals surface area contributed by atoms with Gasteiger partial charge in [-0.2, -0.15) is 0 Å². The van der Waals surface area contributed by atoms with E-state index in [4.69, 9.17) is 9.84 Å². The van der Waals surface area contributed by atoms with Crippen LogP contribution in [0.15, 0.2) is 0 Å². The van der Waals surface area contributed by atoms with Crippen LogP contribution < -0.4 is 0 Å². The number of nitrogens with zero attached hydrogens (tertiary/aromatic N) is 1. The lowest BCUT2D eigenvalue weighted by Crippen LogP contribution is -2.57. The fourth-order valence-corrected chi connectivity index (χ4v) is 3.56. The van der Waals surface area contributed by atoms with E-state index in [0.717, 1.165) is 0 Å². The van der Waals surface area contributed by atoms with E-state index >= 15 is 0 Å². The zero-order valence-corrected chi connectivity index (χ0v) is 13.2. The Balaban J connectivity index is 2.50. The highest BCUT2D eigenvalue weighted by molar-refractivity contribution is 7.38. The van der Waals surface area contributed by atoms with E-state index in [1.165, 1.54) is 0 Å². The van der Waals surface area contributed by atoms with Crippen LogP contribution in [0.25, 0.3) is 0 Å². The van der Waals surface area contributed by atoms with Crippen molar-refractivity contribution in [2.45, 2.75) is 36.4 Å². The third kappa shape index (κ3) is 5.16. The molecular formula is C12H27NO6P+. The van der Waals surface area contributed by atoms with Crippen LogP contribution in [-0.4, -0.2) is 107 Å². The van der Waals surface area contributed by atoms with Crippen LogP contribution >= 0.6 is 8.58 Å². The molecule has 7 atom stereocenters. The Labute approximate surface area is 121 Å². The van der Waals surface area contributed by atoms with Crippen molar-refractivity contribution in [1.82, 2.24) is 0 Å². The first-order valence-electron chi connectivity index (χ1n) is 6.68. The molecule has 20 heavy (non-hydrogen) atoms. The monoisotopic (exact) mass is 312 g/mol. The van der Waals surface area contributed by atoms with E-state index in [-0.39, 0.29) is 8.58 Å². The molecule has 120 valence electrons. The topological polar surface area (TPSA) is 110 Å². The molecular weight excluding hydrogens is 285 g/mol. The molecule has 1 fully saturated rings. The summed E-state index contributed by atoms with van der Waals surface area (Å²) in [7, 11) is 6.00. The Hall–Kier alpha value is 0.150. The van der Waals surface area contributed by atoms with Crippen LogP contribution in [0.4, 0.5) is 0 Å². The van der Waals surface area contributed by atoms with Crippen LogP contribution in [0.1, 0.15) is 0 Å². The molecule has 0 bridgehead atoms. The molecule has 1 aliphatic rings. The van der Waals surface area contributed by atoms with Crippen molar-refractivity contribution in [2.75, 3.05) is 40.5 Å². The largest absolute Gasteiger partial charge is 0.394 e. The standard InChI is InChI=1S/C12H27NO6P/c1-13(2,3)4-7(15)6-20-12-11(18)10(17)9(16)8(5-14)19-12/h7-12,14-18,20H,4-6H2,1-3H3/q+1/t7?,8-,9-,10+,11-,12+/m1/s1. The lowest BCUT2D eigenvalue weighted by molar-refractivity contribution is -0.873. The normalized spacial score (nSPS) is 37.5. The van der Waals surface area contributed by atoms with E-state index in [1.807, 2.05) is 21.1 Å². The molecule has 2 unspecified atom stereocenters. The van der Waals surface area contributed by atoms with Gasteiger partial charge in [0.2, 0.25) is 0 Å². The zero-order chi connectivity index (χ0) is 15.5. The molecule has 0 aromatic carbocycles.